The van der Waals surface area contributed by atoms with Gasteiger partial charge in [-0.3, -0.25) is 9.69 Å². The van der Waals surface area contributed by atoms with Gasteiger partial charge in [0.05, 0.1) is 16.1 Å². The van der Waals surface area contributed by atoms with Crippen molar-refractivity contribution < 1.29 is 13.2 Å². The zero-order valence-electron chi connectivity index (χ0n) is 28.1. The Morgan fingerprint density at radius 2 is 1.65 bits per heavy atom. The summed E-state index contributed by atoms with van der Waals surface area (Å²) in [4.78, 5) is 22.9. The number of imidazole rings is 1. The fourth-order valence-corrected chi connectivity index (χ4v) is 9.94. The Kier molecular flexibility index (Phi) is 8.94. The van der Waals surface area contributed by atoms with Crippen molar-refractivity contribution in [3.8, 4) is 0 Å². The van der Waals surface area contributed by atoms with Crippen LogP contribution in [0.25, 0.3) is 11.0 Å². The quantitative estimate of drug-likeness (QED) is 0.211. The van der Waals surface area contributed by atoms with Crippen LogP contribution < -0.4 is 5.14 Å². The van der Waals surface area contributed by atoms with Crippen molar-refractivity contribution in [1.29, 1.82) is 0 Å². The highest BCUT2D eigenvalue weighted by molar-refractivity contribution is 7.89. The summed E-state index contributed by atoms with van der Waals surface area (Å²) in [7, 11) is -4.05. The second-order valence-electron chi connectivity index (χ2n) is 14.6. The van der Waals surface area contributed by atoms with E-state index in [1.807, 2.05) is 4.90 Å². The van der Waals surface area contributed by atoms with Crippen molar-refractivity contribution in [3.63, 3.8) is 0 Å². The molecule has 0 radical (unpaired) electrons. The summed E-state index contributed by atoms with van der Waals surface area (Å²) in [5.74, 6) is 1.38. The van der Waals surface area contributed by atoms with E-state index in [0.717, 1.165) is 50.0 Å². The maximum Gasteiger partial charge on any atom is 0.253 e. The van der Waals surface area contributed by atoms with Gasteiger partial charge in [0, 0.05) is 36.8 Å². The Hall–Kier alpha value is -3.24. The molecule has 3 aliphatic heterocycles. The number of fused-ring (bicyclic) bond motifs is 3. The normalized spacial score (nSPS) is 22.9. The number of rotatable bonds is 8. The van der Waals surface area contributed by atoms with Crippen LogP contribution in [0.5, 0.6) is 0 Å². The van der Waals surface area contributed by atoms with E-state index in [2.05, 4.69) is 78.8 Å². The van der Waals surface area contributed by atoms with Crippen molar-refractivity contribution in [2.45, 2.75) is 100 Å². The molecule has 0 aliphatic carbocycles. The highest BCUT2D eigenvalue weighted by Gasteiger charge is 2.44. The molecular weight excluding hydrogens is 642 g/mol. The van der Waals surface area contributed by atoms with Crippen LogP contribution in [0.3, 0.4) is 0 Å². The molecule has 0 unspecified atom stereocenters. The Labute approximate surface area is 289 Å². The first-order valence-corrected chi connectivity index (χ1v) is 19.3. The van der Waals surface area contributed by atoms with Gasteiger partial charge >= 0.3 is 0 Å². The molecule has 3 aromatic carbocycles. The number of likely N-dealkylation sites (tertiary alicyclic amines) is 1. The van der Waals surface area contributed by atoms with E-state index >= 15 is 0 Å². The molecule has 254 valence electrons. The number of aromatic nitrogens is 2. The van der Waals surface area contributed by atoms with Gasteiger partial charge in [-0.2, -0.15) is 0 Å². The fraction of sp³-hybridized carbons (Fsp3) is 0.474. The molecule has 3 atom stereocenters. The zero-order valence-corrected chi connectivity index (χ0v) is 29.7. The van der Waals surface area contributed by atoms with E-state index in [4.69, 9.17) is 21.7 Å². The molecule has 2 bridgehead atoms. The molecule has 4 aromatic rings. The Balaban J connectivity index is 1.09. The lowest BCUT2D eigenvalue weighted by molar-refractivity contribution is 0.0606. The number of piperidine rings is 2. The molecule has 0 saturated carbocycles. The molecule has 2 N–H and O–H groups in total. The van der Waals surface area contributed by atoms with E-state index in [-0.39, 0.29) is 26.8 Å². The number of hydrogen-bond acceptors (Lipinski definition) is 5. The Morgan fingerprint density at radius 3 is 2.29 bits per heavy atom. The first kappa shape index (κ1) is 33.3. The van der Waals surface area contributed by atoms with Gasteiger partial charge in [0.2, 0.25) is 10.0 Å². The summed E-state index contributed by atoms with van der Waals surface area (Å²) in [5, 5.41) is 5.39. The summed E-state index contributed by atoms with van der Waals surface area (Å²) in [5.41, 5.74) is 5.25. The van der Waals surface area contributed by atoms with Crippen molar-refractivity contribution in [1.82, 2.24) is 19.4 Å². The van der Waals surface area contributed by atoms with Gasteiger partial charge in [-0.05, 0) is 111 Å². The minimum Gasteiger partial charge on any atom is -0.339 e. The first-order chi connectivity index (χ1) is 22.9. The van der Waals surface area contributed by atoms with Crippen LogP contribution in [-0.4, -0.2) is 65.4 Å². The molecule has 3 saturated heterocycles. The SMILES string of the molecule is Cc1nc2ccccc2n1[C@H]1C[C@H]2CC[C@@H](C1)N2CCC1(c2ccc(C(C)C)cc2)CCN(C(=O)c2ccc(Cl)c(S(N)(=O)=O)c2)CC1. The number of hydrogen-bond donors (Lipinski definition) is 1. The van der Waals surface area contributed by atoms with Crippen LogP contribution >= 0.6 is 11.6 Å². The van der Waals surface area contributed by atoms with E-state index in [1.54, 1.807) is 6.07 Å². The lowest BCUT2D eigenvalue weighted by Crippen LogP contribution is -2.49. The van der Waals surface area contributed by atoms with Gasteiger partial charge in [-0.15, -0.1) is 0 Å². The number of sulfonamides is 1. The highest BCUT2D eigenvalue weighted by Crippen LogP contribution is 2.45. The number of para-hydroxylation sites is 2. The third kappa shape index (κ3) is 6.19. The molecule has 10 heteroatoms. The van der Waals surface area contributed by atoms with E-state index in [1.165, 1.54) is 41.6 Å². The summed E-state index contributed by atoms with van der Waals surface area (Å²) in [6.07, 6.45) is 7.52. The molecule has 3 aliphatic rings. The summed E-state index contributed by atoms with van der Waals surface area (Å²) >= 11 is 6.10. The molecule has 1 aromatic heterocycles. The number of carbonyl (C=O) groups is 1. The number of primary sulfonamides is 1. The molecule has 1 amide bonds. The number of carbonyl (C=O) groups excluding carboxylic acids is 1. The van der Waals surface area contributed by atoms with Gasteiger partial charge in [0.15, 0.2) is 0 Å². The van der Waals surface area contributed by atoms with Crippen LogP contribution in [0.4, 0.5) is 0 Å². The van der Waals surface area contributed by atoms with Crippen LogP contribution in [-0.2, 0) is 15.4 Å². The minimum atomic E-state index is -4.05. The maximum atomic E-state index is 13.6. The minimum absolute atomic E-state index is 0.0167. The molecule has 8 nitrogen and oxygen atoms in total. The lowest BCUT2D eigenvalue weighted by atomic mass is 9.70. The second-order valence-corrected chi connectivity index (χ2v) is 16.5. The van der Waals surface area contributed by atoms with Gasteiger partial charge in [0.1, 0.15) is 10.7 Å². The average Bonchev–Trinajstić information content (AvgIpc) is 3.53. The van der Waals surface area contributed by atoms with Crippen molar-refractivity contribution in [2.75, 3.05) is 19.6 Å². The fourth-order valence-electron chi connectivity index (χ4n) is 8.87. The summed E-state index contributed by atoms with van der Waals surface area (Å²) in [6, 6.07) is 23.6. The van der Waals surface area contributed by atoms with Crippen LogP contribution in [0.15, 0.2) is 71.6 Å². The summed E-state index contributed by atoms with van der Waals surface area (Å²) < 4.78 is 26.6. The van der Waals surface area contributed by atoms with Gasteiger partial charge < -0.3 is 9.47 Å². The molecule has 4 heterocycles. The standard InChI is InChI=1S/C38H46ClN5O3S/c1-25(2)27-8-11-29(12-9-27)38(16-19-42(20-17-38)37(45)28-10-15-33(39)36(22-28)48(40,46)47)18-21-43-30-13-14-31(43)24-32(23-30)44-26(3)41-34-6-4-5-7-35(34)44/h4-12,15,22,25,30-32H,13-14,16-21,23-24H2,1-3H3,(H2,40,46,47)/t30-,31+,32+. The molecular formula is C38H46ClN5O3S. The largest absolute Gasteiger partial charge is 0.339 e. The number of nitrogens with two attached hydrogens (primary N) is 1. The van der Waals surface area contributed by atoms with Crippen LogP contribution in [0.2, 0.25) is 5.02 Å². The third-order valence-electron chi connectivity index (χ3n) is 11.5. The molecule has 3 fully saturated rings. The number of halogens is 1. The highest BCUT2D eigenvalue weighted by atomic mass is 35.5. The van der Waals surface area contributed by atoms with Gasteiger partial charge in [-0.25, -0.2) is 18.5 Å². The Bertz CT molecular complexity index is 1920. The number of amides is 1. The zero-order chi connectivity index (χ0) is 33.8. The topological polar surface area (TPSA) is 102 Å². The van der Waals surface area contributed by atoms with Crippen molar-refractivity contribution >= 4 is 38.6 Å². The van der Waals surface area contributed by atoms with E-state index < -0.39 is 10.0 Å². The monoisotopic (exact) mass is 687 g/mol. The lowest BCUT2D eigenvalue weighted by Gasteiger charge is -2.46. The second kappa shape index (κ2) is 12.9. The van der Waals surface area contributed by atoms with E-state index in [9.17, 15) is 13.2 Å². The van der Waals surface area contributed by atoms with Gasteiger partial charge in [-0.1, -0.05) is 61.8 Å². The smallest absolute Gasteiger partial charge is 0.253 e. The van der Waals surface area contributed by atoms with E-state index in [0.29, 0.717) is 37.1 Å². The van der Waals surface area contributed by atoms with Crippen molar-refractivity contribution in [3.05, 3.63) is 94.3 Å². The number of aryl methyl sites for hydroxylation is 1. The van der Waals surface area contributed by atoms with Crippen molar-refractivity contribution in [2.24, 2.45) is 5.14 Å². The molecule has 7 rings (SSSR count). The molecule has 48 heavy (non-hydrogen) atoms. The predicted molar refractivity (Wildman–Crippen MR) is 191 cm³/mol. The first-order valence-electron chi connectivity index (χ1n) is 17.3. The predicted octanol–water partition coefficient (Wildman–Crippen LogP) is 7.20. The Morgan fingerprint density at radius 1 is 0.979 bits per heavy atom. The summed E-state index contributed by atoms with van der Waals surface area (Å²) in [6.45, 7) is 8.83. The third-order valence-corrected chi connectivity index (χ3v) is 12.9. The van der Waals surface area contributed by atoms with Crippen LogP contribution in [0.1, 0.15) is 98.1 Å². The molecule has 0 spiro atoms. The van der Waals surface area contributed by atoms with Gasteiger partial charge in [0.25, 0.3) is 5.91 Å². The maximum absolute atomic E-state index is 13.6. The number of benzene rings is 3. The van der Waals surface area contributed by atoms with Crippen LogP contribution in [0, 0.1) is 6.92 Å². The number of nitrogens with zero attached hydrogens (tertiary/aromatic N) is 4. The average molecular weight is 688 g/mol.